The summed E-state index contributed by atoms with van der Waals surface area (Å²) in [5.41, 5.74) is 3.52. The molecule has 2 aromatic rings. The van der Waals surface area contributed by atoms with Gasteiger partial charge in [-0.2, -0.15) is 0 Å². The van der Waals surface area contributed by atoms with Crippen molar-refractivity contribution >= 4 is 11.5 Å². The third-order valence-electron chi connectivity index (χ3n) is 5.43. The molecule has 1 aromatic carbocycles. The van der Waals surface area contributed by atoms with Crippen LogP contribution in [-0.4, -0.2) is 43.2 Å². The normalized spacial score (nSPS) is 23.8. The Morgan fingerprint density at radius 3 is 2.57 bits per heavy atom. The molecular weight excluding hydrogens is 350 g/mol. The highest BCUT2D eigenvalue weighted by Crippen LogP contribution is 2.24. The van der Waals surface area contributed by atoms with E-state index in [1.165, 1.54) is 18.4 Å². The quantitative estimate of drug-likeness (QED) is 0.736. The van der Waals surface area contributed by atoms with E-state index >= 15 is 0 Å². The minimum absolute atomic E-state index is 0. The van der Waals surface area contributed by atoms with Crippen molar-refractivity contribution in [3.63, 3.8) is 0 Å². The first-order valence-corrected chi connectivity index (χ1v) is 9.80. The summed E-state index contributed by atoms with van der Waals surface area (Å²) in [5.74, 6) is 1.03. The Hall–Kier alpha value is -2.31. The van der Waals surface area contributed by atoms with Crippen molar-refractivity contribution in [2.24, 2.45) is 4.99 Å². The fourth-order valence-electron chi connectivity index (χ4n) is 3.95. The highest BCUT2D eigenvalue weighted by Gasteiger charge is 2.26. The average molecular weight is 384 g/mol. The van der Waals surface area contributed by atoms with Crippen LogP contribution >= 0.6 is 0 Å². The fraction of sp³-hybridized carbons (Fsp3) is 0.500. The summed E-state index contributed by atoms with van der Waals surface area (Å²) in [6.45, 7) is 0.886. The number of amidine groups is 1. The van der Waals surface area contributed by atoms with Crippen LogP contribution in [-0.2, 0) is 6.54 Å². The van der Waals surface area contributed by atoms with Crippen molar-refractivity contribution in [1.29, 1.82) is 0 Å². The molecule has 0 saturated heterocycles. The molecule has 1 fully saturated rings. The molecule has 4 rings (SSSR count). The van der Waals surface area contributed by atoms with Gasteiger partial charge in [0.1, 0.15) is 5.84 Å². The zero-order valence-electron chi connectivity index (χ0n) is 16.1. The molecule has 1 atom stereocenters. The van der Waals surface area contributed by atoms with Gasteiger partial charge in [0.05, 0.1) is 12.5 Å². The van der Waals surface area contributed by atoms with Gasteiger partial charge < -0.3 is 20.0 Å². The molecule has 1 aliphatic carbocycles. The average Bonchev–Trinajstić information content (AvgIpc) is 3.20. The van der Waals surface area contributed by atoms with E-state index < -0.39 is 0 Å². The highest BCUT2D eigenvalue weighted by molar-refractivity contribution is 6.04. The molecule has 3 N–H and O–H groups in total. The summed E-state index contributed by atoms with van der Waals surface area (Å²) in [4.78, 5) is 6.99. The standard InChI is InChI=1S/C21H29N5O.CH4/c1-26(2)20-18-5-3-4-6-19(18)24-21(25-20)23-17-9-7-16(8-10-17)22-13-15-11-12-27-14-15;/h3-6,11-12,14,16-17,21-24H,7-10,13H2,1-2H3;1H4. The van der Waals surface area contributed by atoms with Crippen LogP contribution in [0.25, 0.3) is 0 Å². The zero-order valence-corrected chi connectivity index (χ0v) is 16.1. The summed E-state index contributed by atoms with van der Waals surface area (Å²) >= 11 is 0. The molecule has 1 unspecified atom stereocenters. The van der Waals surface area contributed by atoms with Crippen LogP contribution in [0, 0.1) is 0 Å². The van der Waals surface area contributed by atoms with Crippen molar-refractivity contribution in [2.45, 2.75) is 58.0 Å². The number of hydrogen-bond donors (Lipinski definition) is 3. The second kappa shape index (κ2) is 9.26. The highest BCUT2D eigenvalue weighted by atomic mass is 16.3. The summed E-state index contributed by atoms with van der Waals surface area (Å²) in [6.07, 6.45) is 8.16. The molecular formula is C22H33N5O. The topological polar surface area (TPSA) is 64.8 Å². The van der Waals surface area contributed by atoms with Crippen LogP contribution in [0.4, 0.5) is 5.69 Å². The van der Waals surface area contributed by atoms with Gasteiger partial charge in [-0.1, -0.05) is 19.6 Å². The molecule has 6 nitrogen and oxygen atoms in total. The molecule has 152 valence electrons. The van der Waals surface area contributed by atoms with E-state index in [0.29, 0.717) is 12.1 Å². The van der Waals surface area contributed by atoms with E-state index in [1.54, 1.807) is 6.26 Å². The first kappa shape index (κ1) is 20.4. The molecule has 2 heterocycles. The molecule has 0 spiro atoms. The number of furan rings is 1. The van der Waals surface area contributed by atoms with E-state index in [2.05, 4.69) is 59.2 Å². The summed E-state index contributed by atoms with van der Waals surface area (Å²) in [6, 6.07) is 11.5. The van der Waals surface area contributed by atoms with Crippen molar-refractivity contribution in [3.8, 4) is 0 Å². The number of rotatable bonds is 5. The molecule has 1 saturated carbocycles. The molecule has 0 radical (unpaired) electrons. The predicted molar refractivity (Wildman–Crippen MR) is 116 cm³/mol. The van der Waals surface area contributed by atoms with Crippen LogP contribution in [0.2, 0.25) is 0 Å². The Morgan fingerprint density at radius 2 is 1.86 bits per heavy atom. The lowest BCUT2D eigenvalue weighted by Gasteiger charge is -2.34. The number of hydrogen-bond acceptors (Lipinski definition) is 6. The van der Waals surface area contributed by atoms with Crippen LogP contribution in [0.5, 0.6) is 0 Å². The Labute approximate surface area is 168 Å². The van der Waals surface area contributed by atoms with Gasteiger partial charge in [-0.3, -0.25) is 5.32 Å². The Bertz CT molecular complexity index is 763. The van der Waals surface area contributed by atoms with Crippen molar-refractivity contribution < 1.29 is 4.42 Å². The summed E-state index contributed by atoms with van der Waals surface area (Å²) < 4.78 is 5.13. The van der Waals surface area contributed by atoms with Crippen molar-refractivity contribution in [3.05, 3.63) is 54.0 Å². The summed E-state index contributed by atoms with van der Waals surface area (Å²) in [7, 11) is 4.10. The van der Waals surface area contributed by atoms with Crippen molar-refractivity contribution in [2.75, 3.05) is 19.4 Å². The van der Waals surface area contributed by atoms with Crippen molar-refractivity contribution in [1.82, 2.24) is 15.5 Å². The smallest absolute Gasteiger partial charge is 0.176 e. The van der Waals surface area contributed by atoms with E-state index in [0.717, 1.165) is 36.5 Å². The molecule has 28 heavy (non-hydrogen) atoms. The number of nitrogens with one attached hydrogen (secondary N) is 3. The fourth-order valence-corrected chi connectivity index (χ4v) is 3.95. The van der Waals surface area contributed by atoms with Gasteiger partial charge in [-0.05, 0) is 43.9 Å². The number of fused-ring (bicyclic) bond motifs is 1. The largest absolute Gasteiger partial charge is 0.472 e. The lowest BCUT2D eigenvalue weighted by Crippen LogP contribution is -2.48. The third-order valence-corrected chi connectivity index (χ3v) is 5.43. The van der Waals surface area contributed by atoms with E-state index in [1.807, 2.05) is 12.3 Å². The molecule has 0 bridgehead atoms. The van der Waals surface area contributed by atoms with Crippen LogP contribution in [0.15, 0.2) is 52.3 Å². The molecule has 0 amide bonds. The zero-order chi connectivity index (χ0) is 18.6. The monoisotopic (exact) mass is 383 g/mol. The van der Waals surface area contributed by atoms with Gasteiger partial charge in [-0.25, -0.2) is 4.99 Å². The van der Waals surface area contributed by atoms with Gasteiger partial charge in [0.25, 0.3) is 0 Å². The lowest BCUT2D eigenvalue weighted by atomic mass is 9.91. The summed E-state index contributed by atoms with van der Waals surface area (Å²) in [5, 5.41) is 10.9. The van der Waals surface area contributed by atoms with Gasteiger partial charge in [0.15, 0.2) is 6.29 Å². The van der Waals surface area contributed by atoms with Gasteiger partial charge >= 0.3 is 0 Å². The SMILES string of the molecule is C.CN(C)C1=NC(NC2CCC(NCc3ccoc3)CC2)Nc2ccccc21. The minimum Gasteiger partial charge on any atom is -0.472 e. The minimum atomic E-state index is -0.0715. The van der Waals surface area contributed by atoms with E-state index in [9.17, 15) is 0 Å². The molecule has 6 heteroatoms. The van der Waals surface area contributed by atoms with E-state index in [-0.39, 0.29) is 13.7 Å². The van der Waals surface area contributed by atoms with E-state index in [4.69, 9.17) is 9.41 Å². The molecule has 2 aliphatic rings. The third kappa shape index (κ3) is 4.75. The number of nitrogens with zero attached hydrogens (tertiary/aromatic N) is 2. The predicted octanol–water partition coefficient (Wildman–Crippen LogP) is 3.62. The van der Waals surface area contributed by atoms with Crippen LogP contribution in [0.1, 0.15) is 44.2 Å². The first-order valence-electron chi connectivity index (χ1n) is 9.80. The molecule has 1 aliphatic heterocycles. The number of para-hydroxylation sites is 1. The maximum atomic E-state index is 5.13. The maximum absolute atomic E-state index is 5.13. The van der Waals surface area contributed by atoms with Gasteiger partial charge in [0, 0.05) is 49.5 Å². The second-order valence-corrected chi connectivity index (χ2v) is 7.67. The van der Waals surface area contributed by atoms with Crippen LogP contribution < -0.4 is 16.0 Å². The Morgan fingerprint density at radius 1 is 1.11 bits per heavy atom. The maximum Gasteiger partial charge on any atom is 0.176 e. The number of anilines is 1. The van der Waals surface area contributed by atoms with Gasteiger partial charge in [-0.15, -0.1) is 0 Å². The Kier molecular flexibility index (Phi) is 6.75. The Balaban J connectivity index is 0.00000225. The number of benzene rings is 1. The second-order valence-electron chi connectivity index (χ2n) is 7.67. The first-order chi connectivity index (χ1) is 13.2. The number of aliphatic imine (C=N–C) groups is 1. The lowest BCUT2D eigenvalue weighted by molar-refractivity contribution is 0.293. The molecule has 1 aromatic heterocycles. The van der Waals surface area contributed by atoms with Gasteiger partial charge in [0.2, 0.25) is 0 Å². The van der Waals surface area contributed by atoms with Crippen LogP contribution in [0.3, 0.4) is 0 Å².